The molecule has 18 heavy (non-hydrogen) atoms. The number of halogens is 1. The molecule has 0 radical (unpaired) electrons. The molecule has 1 aliphatic rings. The first-order chi connectivity index (χ1) is 8.74. The van der Waals surface area contributed by atoms with Gasteiger partial charge in [0.2, 0.25) is 0 Å². The Morgan fingerprint density at radius 3 is 2.78 bits per heavy atom. The minimum Gasteiger partial charge on any atom is -0.493 e. The van der Waals surface area contributed by atoms with Crippen molar-refractivity contribution in [3.63, 3.8) is 0 Å². The summed E-state index contributed by atoms with van der Waals surface area (Å²) < 4.78 is 11.1. The lowest BCUT2D eigenvalue weighted by atomic mass is 10.1. The number of benzene rings is 1. The highest BCUT2D eigenvalue weighted by Crippen LogP contribution is 2.38. The van der Waals surface area contributed by atoms with Crippen LogP contribution in [0.1, 0.15) is 24.8 Å². The highest BCUT2D eigenvalue weighted by molar-refractivity contribution is 6.32. The van der Waals surface area contributed by atoms with E-state index in [-0.39, 0.29) is 0 Å². The maximum atomic E-state index is 6.26. The standard InChI is InChI=1S/C14H20ClNO2/c1-17-13-8-11(3-2-6-16)7-12(15)14(13)18-9-10-4-5-10/h7-8,10H,2-6,9,16H2,1H3. The number of rotatable bonds is 7. The Kier molecular flexibility index (Phi) is 4.72. The van der Waals surface area contributed by atoms with Gasteiger partial charge in [-0.05, 0) is 55.8 Å². The van der Waals surface area contributed by atoms with E-state index in [0.29, 0.717) is 23.2 Å². The Balaban J connectivity index is 2.11. The Morgan fingerprint density at radius 1 is 1.39 bits per heavy atom. The zero-order valence-electron chi connectivity index (χ0n) is 10.7. The van der Waals surface area contributed by atoms with E-state index < -0.39 is 0 Å². The summed E-state index contributed by atoms with van der Waals surface area (Å²) in [6, 6.07) is 3.94. The van der Waals surface area contributed by atoms with Gasteiger partial charge in [0.25, 0.3) is 0 Å². The fraction of sp³-hybridized carbons (Fsp3) is 0.571. The maximum absolute atomic E-state index is 6.26. The molecule has 1 aliphatic carbocycles. The van der Waals surface area contributed by atoms with Crippen molar-refractivity contribution in [2.45, 2.75) is 25.7 Å². The van der Waals surface area contributed by atoms with Gasteiger partial charge < -0.3 is 15.2 Å². The van der Waals surface area contributed by atoms with Crippen LogP contribution in [-0.2, 0) is 6.42 Å². The fourth-order valence-electron chi connectivity index (χ4n) is 1.85. The van der Waals surface area contributed by atoms with Crippen LogP contribution in [0, 0.1) is 5.92 Å². The summed E-state index contributed by atoms with van der Waals surface area (Å²) in [5.74, 6) is 2.08. The average Bonchev–Trinajstić information content (AvgIpc) is 3.18. The molecule has 100 valence electrons. The third-order valence-corrected chi connectivity index (χ3v) is 3.40. The molecule has 0 bridgehead atoms. The molecule has 4 heteroatoms. The summed E-state index contributed by atoms with van der Waals surface area (Å²) in [6.07, 6.45) is 4.38. The van der Waals surface area contributed by atoms with Crippen LogP contribution in [0.15, 0.2) is 12.1 Å². The van der Waals surface area contributed by atoms with Crippen molar-refractivity contribution >= 4 is 11.6 Å². The number of aryl methyl sites for hydroxylation is 1. The van der Waals surface area contributed by atoms with Gasteiger partial charge in [0.05, 0.1) is 18.7 Å². The number of hydrogen-bond acceptors (Lipinski definition) is 3. The van der Waals surface area contributed by atoms with Crippen LogP contribution >= 0.6 is 11.6 Å². The first kappa shape index (κ1) is 13.5. The molecule has 0 saturated heterocycles. The van der Waals surface area contributed by atoms with Gasteiger partial charge in [-0.1, -0.05) is 11.6 Å². The number of hydrogen-bond donors (Lipinski definition) is 1. The van der Waals surface area contributed by atoms with Gasteiger partial charge in [-0.3, -0.25) is 0 Å². The summed E-state index contributed by atoms with van der Waals surface area (Å²) in [6.45, 7) is 1.41. The second-order valence-electron chi connectivity index (χ2n) is 4.76. The number of ether oxygens (including phenoxy) is 2. The van der Waals surface area contributed by atoms with Crippen molar-refractivity contribution in [2.24, 2.45) is 11.7 Å². The third kappa shape index (κ3) is 3.53. The molecule has 3 nitrogen and oxygen atoms in total. The predicted molar refractivity (Wildman–Crippen MR) is 73.6 cm³/mol. The lowest BCUT2D eigenvalue weighted by Gasteiger charge is -2.14. The van der Waals surface area contributed by atoms with E-state index in [1.165, 1.54) is 12.8 Å². The van der Waals surface area contributed by atoms with E-state index in [2.05, 4.69) is 0 Å². The first-order valence-electron chi connectivity index (χ1n) is 6.44. The van der Waals surface area contributed by atoms with Crippen LogP contribution in [0.4, 0.5) is 0 Å². The van der Waals surface area contributed by atoms with Crippen LogP contribution in [0.3, 0.4) is 0 Å². The van der Waals surface area contributed by atoms with Crippen molar-refractivity contribution in [3.8, 4) is 11.5 Å². The molecule has 2 rings (SSSR count). The quantitative estimate of drug-likeness (QED) is 0.828. The summed E-state index contributed by atoms with van der Waals surface area (Å²) >= 11 is 6.26. The maximum Gasteiger partial charge on any atom is 0.179 e. The largest absolute Gasteiger partial charge is 0.493 e. The minimum atomic E-state index is 0.627. The van der Waals surface area contributed by atoms with Crippen molar-refractivity contribution < 1.29 is 9.47 Å². The molecule has 0 aromatic heterocycles. The summed E-state index contributed by atoms with van der Waals surface area (Å²) in [7, 11) is 1.64. The Bertz CT molecular complexity index is 405. The molecule has 0 atom stereocenters. The SMILES string of the molecule is COc1cc(CCCN)cc(Cl)c1OCC1CC1. The number of nitrogens with two attached hydrogens (primary N) is 1. The van der Waals surface area contributed by atoms with E-state index in [0.717, 1.165) is 30.8 Å². The lowest BCUT2D eigenvalue weighted by Crippen LogP contribution is -2.03. The molecule has 0 amide bonds. The van der Waals surface area contributed by atoms with Gasteiger partial charge in [0.15, 0.2) is 11.5 Å². The van der Waals surface area contributed by atoms with Gasteiger partial charge in [-0.2, -0.15) is 0 Å². The first-order valence-corrected chi connectivity index (χ1v) is 6.81. The summed E-state index contributed by atoms with van der Waals surface area (Å²) in [4.78, 5) is 0. The summed E-state index contributed by atoms with van der Waals surface area (Å²) in [5, 5.41) is 0.627. The van der Waals surface area contributed by atoms with Crippen molar-refractivity contribution in [3.05, 3.63) is 22.7 Å². The van der Waals surface area contributed by atoms with Crippen molar-refractivity contribution in [1.29, 1.82) is 0 Å². The number of methoxy groups -OCH3 is 1. The average molecular weight is 270 g/mol. The second kappa shape index (κ2) is 6.30. The fourth-order valence-corrected chi connectivity index (χ4v) is 2.14. The van der Waals surface area contributed by atoms with Crippen LogP contribution in [0.25, 0.3) is 0 Å². The van der Waals surface area contributed by atoms with Gasteiger partial charge in [-0.15, -0.1) is 0 Å². The molecule has 1 aromatic carbocycles. The Morgan fingerprint density at radius 2 is 2.17 bits per heavy atom. The zero-order valence-corrected chi connectivity index (χ0v) is 11.5. The van der Waals surface area contributed by atoms with Gasteiger partial charge in [0.1, 0.15) is 0 Å². The van der Waals surface area contributed by atoms with E-state index in [1.807, 2.05) is 12.1 Å². The molecule has 0 unspecified atom stereocenters. The molecule has 1 fully saturated rings. The molecule has 2 N–H and O–H groups in total. The van der Waals surface area contributed by atoms with E-state index >= 15 is 0 Å². The molecule has 0 heterocycles. The van der Waals surface area contributed by atoms with Gasteiger partial charge >= 0.3 is 0 Å². The normalized spacial score (nSPS) is 14.6. The van der Waals surface area contributed by atoms with Gasteiger partial charge in [-0.25, -0.2) is 0 Å². The third-order valence-electron chi connectivity index (χ3n) is 3.12. The highest BCUT2D eigenvalue weighted by Gasteiger charge is 2.23. The molecule has 0 aliphatic heterocycles. The smallest absolute Gasteiger partial charge is 0.179 e. The van der Waals surface area contributed by atoms with Crippen molar-refractivity contribution in [1.82, 2.24) is 0 Å². The molecular formula is C14H20ClNO2. The topological polar surface area (TPSA) is 44.5 Å². The van der Waals surface area contributed by atoms with Crippen LogP contribution < -0.4 is 15.2 Å². The van der Waals surface area contributed by atoms with E-state index in [1.54, 1.807) is 7.11 Å². The van der Waals surface area contributed by atoms with Crippen LogP contribution in [0.5, 0.6) is 11.5 Å². The molecular weight excluding hydrogens is 250 g/mol. The lowest BCUT2D eigenvalue weighted by molar-refractivity contribution is 0.280. The summed E-state index contributed by atoms with van der Waals surface area (Å²) in [5.41, 5.74) is 6.65. The minimum absolute atomic E-state index is 0.627. The van der Waals surface area contributed by atoms with Crippen LogP contribution in [0.2, 0.25) is 5.02 Å². The Labute approximate surface area is 113 Å². The van der Waals surface area contributed by atoms with Crippen LogP contribution in [-0.4, -0.2) is 20.3 Å². The van der Waals surface area contributed by atoms with E-state index in [9.17, 15) is 0 Å². The van der Waals surface area contributed by atoms with Gasteiger partial charge in [0, 0.05) is 0 Å². The Hall–Kier alpha value is -0.930. The zero-order chi connectivity index (χ0) is 13.0. The predicted octanol–water partition coefficient (Wildman–Crippen LogP) is 3.03. The molecule has 1 aromatic rings. The second-order valence-corrected chi connectivity index (χ2v) is 5.16. The van der Waals surface area contributed by atoms with Crippen molar-refractivity contribution in [2.75, 3.05) is 20.3 Å². The highest BCUT2D eigenvalue weighted by atomic mass is 35.5. The monoisotopic (exact) mass is 269 g/mol. The molecule has 0 spiro atoms. The van der Waals surface area contributed by atoms with E-state index in [4.69, 9.17) is 26.8 Å². The molecule has 1 saturated carbocycles.